The van der Waals surface area contributed by atoms with E-state index >= 15 is 0 Å². The largest absolute Gasteiger partial charge is 0.413 e. The van der Waals surface area contributed by atoms with Crippen LogP contribution in [0.2, 0.25) is 6.04 Å². The van der Waals surface area contributed by atoms with Gasteiger partial charge >= 0.3 is 9.28 Å². The monoisotopic (exact) mass is 166 g/mol. The molecule has 1 aliphatic heterocycles. The standard InChI is InChI=1S/C4H10O5Si/c5-2-1-10(8)9-4(7)3(2)6/h2-8,10H,1H2. The zero-order chi connectivity index (χ0) is 7.72. The van der Waals surface area contributed by atoms with Gasteiger partial charge in [-0.3, -0.25) is 0 Å². The lowest BCUT2D eigenvalue weighted by Gasteiger charge is -2.30. The highest BCUT2D eigenvalue weighted by Gasteiger charge is 2.35. The molecule has 1 aliphatic rings. The summed E-state index contributed by atoms with van der Waals surface area (Å²) in [4.78, 5) is 8.85. The molecule has 6 heteroatoms. The lowest BCUT2D eigenvalue weighted by Crippen LogP contribution is -2.49. The van der Waals surface area contributed by atoms with Crippen LogP contribution in [0.4, 0.5) is 0 Å². The van der Waals surface area contributed by atoms with Crippen LogP contribution >= 0.6 is 0 Å². The van der Waals surface area contributed by atoms with Gasteiger partial charge < -0.3 is 24.5 Å². The van der Waals surface area contributed by atoms with Crippen LogP contribution in [0.3, 0.4) is 0 Å². The van der Waals surface area contributed by atoms with Gasteiger partial charge in [0.25, 0.3) is 0 Å². The Bertz CT molecular complexity index is 108. The Morgan fingerprint density at radius 1 is 1.30 bits per heavy atom. The van der Waals surface area contributed by atoms with E-state index in [1.807, 2.05) is 0 Å². The Morgan fingerprint density at radius 3 is 2.40 bits per heavy atom. The first kappa shape index (κ1) is 8.12. The summed E-state index contributed by atoms with van der Waals surface area (Å²) < 4.78 is 4.51. The molecule has 4 N–H and O–H groups in total. The maximum Gasteiger partial charge on any atom is 0.323 e. The van der Waals surface area contributed by atoms with Gasteiger partial charge in [0.1, 0.15) is 6.10 Å². The highest BCUT2D eigenvalue weighted by molar-refractivity contribution is 6.43. The normalized spacial score (nSPS) is 49.2. The van der Waals surface area contributed by atoms with Crippen molar-refractivity contribution in [3.63, 3.8) is 0 Å². The second-order valence-corrected chi connectivity index (χ2v) is 3.93. The summed E-state index contributed by atoms with van der Waals surface area (Å²) in [5.74, 6) is 0. The van der Waals surface area contributed by atoms with E-state index in [-0.39, 0.29) is 6.04 Å². The molecule has 1 saturated heterocycles. The van der Waals surface area contributed by atoms with Crippen molar-refractivity contribution < 1.29 is 24.5 Å². The van der Waals surface area contributed by atoms with Crippen molar-refractivity contribution in [1.82, 2.24) is 0 Å². The third-order valence-electron chi connectivity index (χ3n) is 1.43. The SMILES string of the molecule is OC1C[SiH](O)OC(O)C1O. The zero-order valence-electron chi connectivity index (χ0n) is 5.21. The average molecular weight is 166 g/mol. The van der Waals surface area contributed by atoms with E-state index in [4.69, 9.17) is 20.1 Å². The van der Waals surface area contributed by atoms with Crippen LogP contribution in [0.5, 0.6) is 0 Å². The Kier molecular flexibility index (Phi) is 2.39. The molecule has 0 amide bonds. The Balaban J connectivity index is 2.49. The van der Waals surface area contributed by atoms with E-state index in [0.717, 1.165) is 0 Å². The van der Waals surface area contributed by atoms with Crippen LogP contribution < -0.4 is 0 Å². The third kappa shape index (κ3) is 1.54. The van der Waals surface area contributed by atoms with Crippen molar-refractivity contribution in [2.75, 3.05) is 0 Å². The van der Waals surface area contributed by atoms with E-state index in [0.29, 0.717) is 0 Å². The number of hydrogen-bond donors (Lipinski definition) is 4. The van der Waals surface area contributed by atoms with Crippen LogP contribution in [-0.4, -0.2) is 47.9 Å². The first-order valence-corrected chi connectivity index (χ1v) is 4.79. The van der Waals surface area contributed by atoms with Crippen LogP contribution in [0.25, 0.3) is 0 Å². The zero-order valence-corrected chi connectivity index (χ0v) is 6.37. The molecule has 5 nitrogen and oxygen atoms in total. The quantitative estimate of drug-likeness (QED) is 0.293. The molecule has 0 aromatic heterocycles. The summed E-state index contributed by atoms with van der Waals surface area (Å²) in [6.07, 6.45) is -3.76. The molecule has 0 radical (unpaired) electrons. The lowest BCUT2D eigenvalue weighted by molar-refractivity contribution is -0.163. The Labute approximate surface area is 59.3 Å². The van der Waals surface area contributed by atoms with Crippen molar-refractivity contribution in [3.8, 4) is 0 Å². The molecule has 0 spiro atoms. The lowest BCUT2D eigenvalue weighted by atomic mass is 10.2. The number of aliphatic hydroxyl groups is 3. The van der Waals surface area contributed by atoms with Crippen molar-refractivity contribution in [2.24, 2.45) is 0 Å². The van der Waals surface area contributed by atoms with Crippen molar-refractivity contribution in [1.29, 1.82) is 0 Å². The van der Waals surface area contributed by atoms with Gasteiger partial charge in [0.2, 0.25) is 0 Å². The fourth-order valence-corrected chi connectivity index (χ4v) is 2.12. The van der Waals surface area contributed by atoms with Crippen molar-refractivity contribution in [3.05, 3.63) is 0 Å². The predicted molar refractivity (Wildman–Crippen MR) is 33.3 cm³/mol. The van der Waals surface area contributed by atoms with E-state index in [9.17, 15) is 0 Å². The molecule has 0 saturated carbocycles. The molecule has 0 bridgehead atoms. The van der Waals surface area contributed by atoms with E-state index in [1.54, 1.807) is 0 Å². The molecule has 1 rings (SSSR count). The molecule has 10 heavy (non-hydrogen) atoms. The van der Waals surface area contributed by atoms with Gasteiger partial charge in [0.05, 0.1) is 6.10 Å². The summed E-state index contributed by atoms with van der Waals surface area (Å²) in [6, 6.07) is 0.0677. The van der Waals surface area contributed by atoms with Crippen LogP contribution in [0.15, 0.2) is 0 Å². The molecule has 1 fully saturated rings. The molecular weight excluding hydrogens is 156 g/mol. The molecule has 4 atom stereocenters. The van der Waals surface area contributed by atoms with Crippen LogP contribution in [0.1, 0.15) is 0 Å². The first-order chi connectivity index (χ1) is 4.61. The Morgan fingerprint density at radius 2 is 1.90 bits per heavy atom. The summed E-state index contributed by atoms with van der Waals surface area (Å²) in [5, 5.41) is 26.5. The number of hydrogen-bond acceptors (Lipinski definition) is 5. The Hall–Kier alpha value is 0.0169. The number of aliphatic hydroxyl groups excluding tert-OH is 3. The molecule has 60 valence electrons. The van der Waals surface area contributed by atoms with Crippen LogP contribution in [0, 0.1) is 0 Å². The van der Waals surface area contributed by atoms with Gasteiger partial charge in [0.15, 0.2) is 6.29 Å². The minimum absolute atomic E-state index is 0.0677. The molecule has 0 aromatic rings. The van der Waals surface area contributed by atoms with Gasteiger partial charge in [-0.15, -0.1) is 0 Å². The van der Waals surface area contributed by atoms with Gasteiger partial charge in [-0.1, -0.05) is 0 Å². The topological polar surface area (TPSA) is 90.2 Å². The fourth-order valence-electron chi connectivity index (χ4n) is 0.833. The average Bonchev–Trinajstić information content (AvgIpc) is 1.82. The summed E-state index contributed by atoms with van der Waals surface area (Å²) >= 11 is 0. The highest BCUT2D eigenvalue weighted by atomic mass is 28.3. The smallest absolute Gasteiger partial charge is 0.323 e. The molecular formula is C4H10O5Si. The predicted octanol–water partition coefficient (Wildman–Crippen LogP) is -2.73. The van der Waals surface area contributed by atoms with Gasteiger partial charge in [-0.2, -0.15) is 0 Å². The van der Waals surface area contributed by atoms with Gasteiger partial charge in [-0.05, 0) is 0 Å². The summed E-state index contributed by atoms with van der Waals surface area (Å²) in [5.41, 5.74) is 0. The van der Waals surface area contributed by atoms with Crippen molar-refractivity contribution in [2.45, 2.75) is 24.5 Å². The summed E-state index contributed by atoms with van der Waals surface area (Å²) in [6.45, 7) is 0. The second kappa shape index (κ2) is 2.95. The van der Waals surface area contributed by atoms with E-state index in [2.05, 4.69) is 4.43 Å². The first-order valence-electron chi connectivity index (χ1n) is 2.99. The minimum Gasteiger partial charge on any atom is -0.413 e. The van der Waals surface area contributed by atoms with Gasteiger partial charge in [0, 0.05) is 6.04 Å². The van der Waals surface area contributed by atoms with Gasteiger partial charge in [-0.25, -0.2) is 0 Å². The molecule has 1 heterocycles. The maximum atomic E-state index is 8.90. The van der Waals surface area contributed by atoms with E-state index in [1.165, 1.54) is 0 Å². The molecule has 0 aliphatic carbocycles. The molecule has 4 unspecified atom stereocenters. The fraction of sp³-hybridized carbons (Fsp3) is 1.00. The van der Waals surface area contributed by atoms with E-state index < -0.39 is 27.8 Å². The maximum absolute atomic E-state index is 8.90. The molecule has 0 aromatic carbocycles. The van der Waals surface area contributed by atoms with Crippen molar-refractivity contribution >= 4 is 9.28 Å². The highest BCUT2D eigenvalue weighted by Crippen LogP contribution is 2.15. The number of rotatable bonds is 0. The van der Waals surface area contributed by atoms with Crippen LogP contribution in [-0.2, 0) is 4.43 Å². The second-order valence-electron chi connectivity index (χ2n) is 2.27. The minimum atomic E-state index is -2.41. The summed E-state index contributed by atoms with van der Waals surface area (Å²) in [7, 11) is -2.41. The third-order valence-corrected chi connectivity index (χ3v) is 2.91.